The van der Waals surface area contributed by atoms with Gasteiger partial charge in [0.1, 0.15) is 0 Å². The van der Waals surface area contributed by atoms with Crippen LogP contribution in [-0.2, 0) is 0 Å². The van der Waals surface area contributed by atoms with Crippen molar-refractivity contribution in [3.05, 3.63) is 32.8 Å². The molecule has 5 nitrogen and oxygen atoms in total. The third-order valence-electron chi connectivity index (χ3n) is 3.06. The van der Waals surface area contributed by atoms with E-state index < -0.39 is 10.5 Å². The number of hydrogen-bond donors (Lipinski definition) is 2. The quantitative estimate of drug-likeness (QED) is 0.662. The minimum absolute atomic E-state index is 0.0461. The molecule has 1 fully saturated rings. The molecule has 0 bridgehead atoms. The van der Waals surface area contributed by atoms with Gasteiger partial charge in [-0.1, -0.05) is 0 Å². The van der Waals surface area contributed by atoms with E-state index in [0.717, 1.165) is 24.9 Å². The van der Waals surface area contributed by atoms with E-state index in [4.69, 9.17) is 0 Å². The van der Waals surface area contributed by atoms with Crippen LogP contribution < -0.4 is 5.32 Å². The second-order valence-electron chi connectivity index (χ2n) is 4.35. The van der Waals surface area contributed by atoms with Crippen LogP contribution in [0.5, 0.6) is 0 Å². The van der Waals surface area contributed by atoms with Crippen molar-refractivity contribution in [2.24, 2.45) is 0 Å². The average Bonchev–Trinajstić information content (AvgIpc) is 2.24. The summed E-state index contributed by atoms with van der Waals surface area (Å²) < 4.78 is 0.634. The fraction of sp³-hybridized carbons (Fsp3) is 0.455. The summed E-state index contributed by atoms with van der Waals surface area (Å²) in [5.41, 5.74) is 0.196. The summed E-state index contributed by atoms with van der Waals surface area (Å²) in [6.07, 6.45) is 2.68. The molecule has 1 aliphatic carbocycles. The lowest BCUT2D eigenvalue weighted by Gasteiger charge is -2.36. The maximum Gasteiger partial charge on any atom is 0.270 e. The molecule has 2 N–H and O–H groups in total. The second-order valence-corrected chi connectivity index (χ2v) is 5.21. The number of anilines is 1. The normalized spacial score (nSPS) is 17.3. The molecule has 0 saturated heterocycles. The van der Waals surface area contributed by atoms with Gasteiger partial charge in [0.25, 0.3) is 5.69 Å². The van der Waals surface area contributed by atoms with E-state index in [9.17, 15) is 15.2 Å². The molecule has 0 aliphatic heterocycles. The number of non-ortho nitro benzene ring substituents is 1. The van der Waals surface area contributed by atoms with E-state index in [2.05, 4.69) is 21.2 Å². The third kappa shape index (κ3) is 2.76. The summed E-state index contributed by atoms with van der Waals surface area (Å²) in [5.74, 6) is 0. The Morgan fingerprint density at radius 2 is 2.24 bits per heavy atom. The molecule has 6 heteroatoms. The first-order valence-electron chi connectivity index (χ1n) is 5.40. The van der Waals surface area contributed by atoms with Crippen LogP contribution in [0, 0.1) is 10.1 Å². The smallest absolute Gasteiger partial charge is 0.270 e. The molecular formula is C11H13BrN2O3. The molecular weight excluding hydrogens is 288 g/mol. The van der Waals surface area contributed by atoms with Crippen LogP contribution in [-0.4, -0.2) is 22.2 Å². The number of halogens is 1. The Morgan fingerprint density at radius 1 is 1.53 bits per heavy atom. The summed E-state index contributed by atoms with van der Waals surface area (Å²) in [6.45, 7) is 0.476. The lowest BCUT2D eigenvalue weighted by atomic mass is 9.80. The molecule has 0 spiro atoms. The van der Waals surface area contributed by atoms with E-state index >= 15 is 0 Å². The number of benzene rings is 1. The Labute approximate surface area is 107 Å². The van der Waals surface area contributed by atoms with Crippen LogP contribution in [0.25, 0.3) is 0 Å². The first-order valence-corrected chi connectivity index (χ1v) is 6.20. The van der Waals surface area contributed by atoms with Crippen molar-refractivity contribution in [2.45, 2.75) is 24.9 Å². The Bertz CT molecular complexity index is 446. The SMILES string of the molecule is O=[N+]([O-])c1ccc(NCC2(O)CCC2)c(Br)c1. The van der Waals surface area contributed by atoms with Crippen molar-refractivity contribution in [1.29, 1.82) is 0 Å². The molecule has 0 atom stereocenters. The topological polar surface area (TPSA) is 75.4 Å². The summed E-state index contributed by atoms with van der Waals surface area (Å²) in [7, 11) is 0. The largest absolute Gasteiger partial charge is 0.388 e. The fourth-order valence-electron chi connectivity index (χ4n) is 1.78. The van der Waals surface area contributed by atoms with E-state index in [0.29, 0.717) is 11.0 Å². The Balaban J connectivity index is 2.03. The zero-order chi connectivity index (χ0) is 12.5. The van der Waals surface area contributed by atoms with Gasteiger partial charge in [0.05, 0.1) is 10.5 Å². The van der Waals surface area contributed by atoms with Crippen LogP contribution in [0.3, 0.4) is 0 Å². The first-order chi connectivity index (χ1) is 8.00. The third-order valence-corrected chi connectivity index (χ3v) is 3.71. The van der Waals surface area contributed by atoms with Crippen LogP contribution in [0.15, 0.2) is 22.7 Å². The molecule has 1 aromatic carbocycles. The highest BCUT2D eigenvalue weighted by Crippen LogP contribution is 2.33. The monoisotopic (exact) mass is 300 g/mol. The maximum atomic E-state index is 10.6. The number of nitrogens with zero attached hydrogens (tertiary/aromatic N) is 1. The number of hydrogen-bond acceptors (Lipinski definition) is 4. The molecule has 0 heterocycles. The molecule has 0 aromatic heterocycles. The van der Waals surface area contributed by atoms with Gasteiger partial charge in [0, 0.05) is 28.8 Å². The van der Waals surface area contributed by atoms with E-state index in [1.54, 1.807) is 6.07 Å². The minimum Gasteiger partial charge on any atom is -0.388 e. The van der Waals surface area contributed by atoms with Crippen molar-refractivity contribution in [2.75, 3.05) is 11.9 Å². The maximum absolute atomic E-state index is 10.6. The van der Waals surface area contributed by atoms with Crippen LogP contribution in [0.4, 0.5) is 11.4 Å². The second kappa shape index (κ2) is 4.62. The van der Waals surface area contributed by atoms with E-state index in [1.807, 2.05) is 0 Å². The summed E-state index contributed by atoms with van der Waals surface area (Å²) in [4.78, 5) is 10.1. The van der Waals surface area contributed by atoms with Crippen molar-refractivity contribution in [3.63, 3.8) is 0 Å². The number of rotatable bonds is 4. The summed E-state index contributed by atoms with van der Waals surface area (Å²) in [5, 5.41) is 23.6. The zero-order valence-corrected chi connectivity index (χ0v) is 10.7. The van der Waals surface area contributed by atoms with Gasteiger partial charge in [-0.2, -0.15) is 0 Å². The van der Waals surface area contributed by atoms with Crippen LogP contribution >= 0.6 is 15.9 Å². The van der Waals surface area contributed by atoms with Gasteiger partial charge in [0.2, 0.25) is 0 Å². The lowest BCUT2D eigenvalue weighted by molar-refractivity contribution is -0.384. The van der Waals surface area contributed by atoms with Gasteiger partial charge in [-0.15, -0.1) is 0 Å². The predicted octanol–water partition coefficient (Wildman–Crippen LogP) is 2.68. The van der Waals surface area contributed by atoms with Crippen molar-refractivity contribution >= 4 is 27.3 Å². The van der Waals surface area contributed by atoms with E-state index in [1.165, 1.54) is 12.1 Å². The summed E-state index contributed by atoms with van der Waals surface area (Å²) in [6, 6.07) is 4.54. The lowest BCUT2D eigenvalue weighted by Crippen LogP contribution is -2.43. The van der Waals surface area contributed by atoms with Gasteiger partial charge in [-0.3, -0.25) is 10.1 Å². The first kappa shape index (κ1) is 12.3. The fourth-order valence-corrected chi connectivity index (χ4v) is 2.29. The minimum atomic E-state index is -0.610. The molecule has 1 aliphatic rings. The number of aliphatic hydroxyl groups is 1. The highest BCUT2D eigenvalue weighted by atomic mass is 79.9. The Morgan fingerprint density at radius 3 is 2.71 bits per heavy atom. The van der Waals surface area contributed by atoms with Crippen molar-refractivity contribution < 1.29 is 10.0 Å². The van der Waals surface area contributed by atoms with Crippen LogP contribution in [0.1, 0.15) is 19.3 Å². The highest BCUT2D eigenvalue weighted by Gasteiger charge is 2.34. The van der Waals surface area contributed by atoms with E-state index in [-0.39, 0.29) is 5.69 Å². The molecule has 92 valence electrons. The van der Waals surface area contributed by atoms with Crippen molar-refractivity contribution in [1.82, 2.24) is 0 Å². The molecule has 1 aromatic rings. The number of nitrogens with one attached hydrogen (secondary N) is 1. The Hall–Kier alpha value is -1.14. The standard InChI is InChI=1S/C11H13BrN2O3/c12-9-6-8(14(16)17)2-3-10(9)13-7-11(15)4-1-5-11/h2-3,6,13,15H,1,4-5,7H2. The molecule has 1 saturated carbocycles. The molecule has 2 rings (SSSR count). The van der Waals surface area contributed by atoms with Gasteiger partial charge >= 0.3 is 0 Å². The van der Waals surface area contributed by atoms with Gasteiger partial charge in [-0.25, -0.2) is 0 Å². The predicted molar refractivity (Wildman–Crippen MR) is 68.1 cm³/mol. The summed E-state index contributed by atoms with van der Waals surface area (Å²) >= 11 is 3.27. The molecule has 0 unspecified atom stereocenters. The van der Waals surface area contributed by atoms with Gasteiger partial charge in [0.15, 0.2) is 0 Å². The zero-order valence-electron chi connectivity index (χ0n) is 9.15. The number of nitro benzene ring substituents is 1. The van der Waals surface area contributed by atoms with Crippen molar-refractivity contribution in [3.8, 4) is 0 Å². The van der Waals surface area contributed by atoms with Gasteiger partial charge < -0.3 is 10.4 Å². The van der Waals surface area contributed by atoms with Gasteiger partial charge in [-0.05, 0) is 41.3 Å². The van der Waals surface area contributed by atoms with Crippen LogP contribution in [0.2, 0.25) is 0 Å². The Kier molecular flexibility index (Phi) is 3.35. The number of nitro groups is 1. The molecule has 17 heavy (non-hydrogen) atoms. The molecule has 0 radical (unpaired) electrons. The highest BCUT2D eigenvalue weighted by molar-refractivity contribution is 9.10. The average molecular weight is 301 g/mol. The molecule has 0 amide bonds.